The lowest BCUT2D eigenvalue weighted by atomic mass is 10.2. The van der Waals surface area contributed by atoms with Crippen molar-refractivity contribution >= 4 is 11.8 Å². The summed E-state index contributed by atoms with van der Waals surface area (Å²) >= 11 is 0. The van der Waals surface area contributed by atoms with Crippen molar-refractivity contribution in [3.63, 3.8) is 0 Å². The van der Waals surface area contributed by atoms with Gasteiger partial charge in [0.1, 0.15) is 0 Å². The van der Waals surface area contributed by atoms with Gasteiger partial charge in [-0.15, -0.1) is 0 Å². The molecule has 126 valence electrons. The summed E-state index contributed by atoms with van der Waals surface area (Å²) in [6, 6.07) is 0. The molecule has 7 nitrogen and oxygen atoms in total. The smallest absolute Gasteiger partial charge is 0.312 e. The summed E-state index contributed by atoms with van der Waals surface area (Å²) in [4.78, 5) is 27.9. The SMILES string of the molecule is CC1CN(C(=O)C(=O)NCCCN2CCOCC2)CC(C)O1. The Bertz CT molecular complexity index is 375. The number of ether oxygens (including phenoxy) is 2. The fourth-order valence-electron chi connectivity index (χ4n) is 2.89. The van der Waals surface area contributed by atoms with Crippen molar-refractivity contribution in [1.82, 2.24) is 15.1 Å². The maximum atomic E-state index is 12.1. The molecular weight excluding hydrogens is 286 g/mol. The molecule has 0 radical (unpaired) electrons. The number of morpholine rings is 2. The van der Waals surface area contributed by atoms with Crippen LogP contribution < -0.4 is 5.32 Å². The Balaban J connectivity index is 1.64. The van der Waals surface area contributed by atoms with Crippen LogP contribution in [0.25, 0.3) is 0 Å². The van der Waals surface area contributed by atoms with Gasteiger partial charge in [-0.05, 0) is 26.8 Å². The Morgan fingerprint density at radius 2 is 1.77 bits per heavy atom. The molecule has 7 heteroatoms. The van der Waals surface area contributed by atoms with Crippen LogP contribution in [0.3, 0.4) is 0 Å². The zero-order valence-electron chi connectivity index (χ0n) is 13.5. The van der Waals surface area contributed by atoms with Gasteiger partial charge in [-0.1, -0.05) is 0 Å². The van der Waals surface area contributed by atoms with Gasteiger partial charge in [0, 0.05) is 32.7 Å². The Kier molecular flexibility index (Phi) is 6.60. The molecule has 2 saturated heterocycles. The zero-order valence-corrected chi connectivity index (χ0v) is 13.5. The van der Waals surface area contributed by atoms with E-state index >= 15 is 0 Å². The molecular formula is C15H27N3O4. The van der Waals surface area contributed by atoms with Crippen molar-refractivity contribution in [2.75, 3.05) is 52.5 Å². The minimum Gasteiger partial charge on any atom is -0.379 e. The fraction of sp³-hybridized carbons (Fsp3) is 0.867. The van der Waals surface area contributed by atoms with Gasteiger partial charge in [-0.3, -0.25) is 14.5 Å². The molecule has 0 spiro atoms. The largest absolute Gasteiger partial charge is 0.379 e. The van der Waals surface area contributed by atoms with Crippen LogP contribution in [0.2, 0.25) is 0 Å². The standard InChI is InChI=1S/C15H27N3O4/c1-12-10-18(11-13(2)22-12)15(20)14(19)16-4-3-5-17-6-8-21-9-7-17/h12-13H,3-11H2,1-2H3,(H,16,19). The summed E-state index contributed by atoms with van der Waals surface area (Å²) < 4.78 is 10.9. The van der Waals surface area contributed by atoms with Crippen molar-refractivity contribution in [2.24, 2.45) is 0 Å². The predicted molar refractivity (Wildman–Crippen MR) is 81.5 cm³/mol. The zero-order chi connectivity index (χ0) is 15.9. The molecule has 2 fully saturated rings. The van der Waals surface area contributed by atoms with Crippen molar-refractivity contribution in [1.29, 1.82) is 0 Å². The Morgan fingerprint density at radius 1 is 1.14 bits per heavy atom. The second kappa shape index (κ2) is 8.45. The highest BCUT2D eigenvalue weighted by atomic mass is 16.5. The minimum atomic E-state index is -0.511. The Hall–Kier alpha value is -1.18. The van der Waals surface area contributed by atoms with Gasteiger partial charge in [0.25, 0.3) is 0 Å². The first-order chi connectivity index (χ1) is 10.6. The van der Waals surface area contributed by atoms with E-state index in [0.29, 0.717) is 19.6 Å². The summed E-state index contributed by atoms with van der Waals surface area (Å²) in [5.41, 5.74) is 0. The van der Waals surface area contributed by atoms with E-state index in [1.165, 1.54) is 0 Å². The van der Waals surface area contributed by atoms with Gasteiger partial charge in [0.15, 0.2) is 0 Å². The van der Waals surface area contributed by atoms with Crippen LogP contribution in [-0.2, 0) is 19.1 Å². The first kappa shape index (κ1) is 17.2. The molecule has 0 aliphatic carbocycles. The van der Waals surface area contributed by atoms with E-state index in [0.717, 1.165) is 39.3 Å². The molecule has 2 aliphatic heterocycles. The Morgan fingerprint density at radius 3 is 2.41 bits per heavy atom. The fourth-order valence-corrected chi connectivity index (χ4v) is 2.89. The number of nitrogens with zero attached hydrogens (tertiary/aromatic N) is 2. The number of hydrogen-bond donors (Lipinski definition) is 1. The highest BCUT2D eigenvalue weighted by molar-refractivity contribution is 6.35. The third kappa shape index (κ3) is 5.23. The summed E-state index contributed by atoms with van der Waals surface area (Å²) in [5, 5.41) is 2.72. The third-order valence-corrected chi connectivity index (χ3v) is 3.94. The van der Waals surface area contributed by atoms with Gasteiger partial charge in [-0.2, -0.15) is 0 Å². The van der Waals surface area contributed by atoms with Gasteiger partial charge < -0.3 is 19.7 Å². The molecule has 1 N–H and O–H groups in total. The highest BCUT2D eigenvalue weighted by Gasteiger charge is 2.29. The van der Waals surface area contributed by atoms with Crippen molar-refractivity contribution < 1.29 is 19.1 Å². The molecule has 2 atom stereocenters. The lowest BCUT2D eigenvalue weighted by Crippen LogP contribution is -2.52. The predicted octanol–water partition coefficient (Wildman–Crippen LogP) is -0.539. The number of carbonyl (C=O) groups is 2. The Labute approximate surface area is 131 Å². The molecule has 0 bridgehead atoms. The highest BCUT2D eigenvalue weighted by Crippen LogP contribution is 2.10. The summed E-state index contributed by atoms with van der Waals surface area (Å²) in [6.45, 7) is 9.66. The van der Waals surface area contributed by atoms with E-state index in [9.17, 15) is 9.59 Å². The topological polar surface area (TPSA) is 71.1 Å². The first-order valence-electron chi connectivity index (χ1n) is 8.09. The van der Waals surface area contributed by atoms with E-state index in [-0.39, 0.29) is 12.2 Å². The monoisotopic (exact) mass is 313 g/mol. The molecule has 0 aromatic rings. The van der Waals surface area contributed by atoms with Crippen LogP contribution in [0, 0.1) is 0 Å². The van der Waals surface area contributed by atoms with Gasteiger partial charge in [-0.25, -0.2) is 0 Å². The van der Waals surface area contributed by atoms with Crippen LogP contribution in [0.1, 0.15) is 20.3 Å². The van der Waals surface area contributed by atoms with E-state index in [2.05, 4.69) is 10.2 Å². The van der Waals surface area contributed by atoms with E-state index < -0.39 is 11.8 Å². The molecule has 2 amide bonds. The lowest BCUT2D eigenvalue weighted by molar-refractivity contribution is -0.153. The number of amides is 2. The number of rotatable bonds is 4. The first-order valence-corrected chi connectivity index (χ1v) is 8.09. The maximum Gasteiger partial charge on any atom is 0.312 e. The van der Waals surface area contributed by atoms with E-state index in [4.69, 9.17) is 9.47 Å². The molecule has 22 heavy (non-hydrogen) atoms. The van der Waals surface area contributed by atoms with Crippen molar-refractivity contribution in [3.8, 4) is 0 Å². The number of nitrogens with one attached hydrogen (secondary N) is 1. The van der Waals surface area contributed by atoms with Crippen LogP contribution in [0.4, 0.5) is 0 Å². The normalized spacial score (nSPS) is 26.7. The average Bonchev–Trinajstić information content (AvgIpc) is 2.50. The van der Waals surface area contributed by atoms with Gasteiger partial charge in [0.05, 0.1) is 25.4 Å². The second-order valence-electron chi connectivity index (χ2n) is 6.03. The summed E-state index contributed by atoms with van der Waals surface area (Å²) in [5.74, 6) is -0.961. The van der Waals surface area contributed by atoms with Crippen LogP contribution >= 0.6 is 0 Å². The molecule has 0 saturated carbocycles. The van der Waals surface area contributed by atoms with Gasteiger partial charge in [0.2, 0.25) is 0 Å². The second-order valence-corrected chi connectivity index (χ2v) is 6.03. The summed E-state index contributed by atoms with van der Waals surface area (Å²) in [6.07, 6.45) is 0.790. The summed E-state index contributed by atoms with van der Waals surface area (Å²) in [7, 11) is 0. The number of hydrogen-bond acceptors (Lipinski definition) is 5. The molecule has 2 heterocycles. The lowest BCUT2D eigenvalue weighted by Gasteiger charge is -2.34. The van der Waals surface area contributed by atoms with Crippen LogP contribution in [-0.4, -0.2) is 86.3 Å². The average molecular weight is 313 g/mol. The third-order valence-electron chi connectivity index (χ3n) is 3.94. The molecule has 0 aromatic carbocycles. The minimum absolute atomic E-state index is 0.0261. The molecule has 0 aromatic heterocycles. The molecule has 2 aliphatic rings. The molecule has 2 unspecified atom stereocenters. The quantitative estimate of drug-likeness (QED) is 0.558. The van der Waals surface area contributed by atoms with E-state index in [1.807, 2.05) is 13.8 Å². The van der Waals surface area contributed by atoms with Crippen molar-refractivity contribution in [3.05, 3.63) is 0 Å². The molecule has 2 rings (SSSR count). The number of carbonyl (C=O) groups excluding carboxylic acids is 2. The van der Waals surface area contributed by atoms with Gasteiger partial charge >= 0.3 is 11.8 Å². The van der Waals surface area contributed by atoms with E-state index in [1.54, 1.807) is 4.90 Å². The van der Waals surface area contributed by atoms with Crippen LogP contribution in [0.5, 0.6) is 0 Å². The maximum absolute atomic E-state index is 12.1. The van der Waals surface area contributed by atoms with Crippen LogP contribution in [0.15, 0.2) is 0 Å². The van der Waals surface area contributed by atoms with Crippen molar-refractivity contribution in [2.45, 2.75) is 32.5 Å².